The van der Waals surface area contributed by atoms with Gasteiger partial charge in [-0.15, -0.1) is 0 Å². The molecule has 2 heterocycles. The molecule has 0 spiro atoms. The van der Waals surface area contributed by atoms with Crippen LogP contribution in [0.25, 0.3) is 0 Å². The van der Waals surface area contributed by atoms with Crippen molar-refractivity contribution >= 4 is 17.3 Å². The zero-order valence-electron chi connectivity index (χ0n) is 13.1. The van der Waals surface area contributed by atoms with Gasteiger partial charge in [0.1, 0.15) is 6.73 Å². The van der Waals surface area contributed by atoms with Crippen molar-refractivity contribution in [2.45, 2.75) is 6.92 Å². The SMILES string of the molecule is CCOCN1CN(CNC(=O)c2cccnc2)c2ccccc21. The molecule has 0 atom stereocenters. The maximum Gasteiger partial charge on any atom is 0.254 e. The van der Waals surface area contributed by atoms with Gasteiger partial charge in [-0.1, -0.05) is 12.1 Å². The molecule has 2 aromatic rings. The van der Waals surface area contributed by atoms with Gasteiger partial charge in [-0.05, 0) is 31.2 Å². The number of rotatable bonds is 6. The van der Waals surface area contributed by atoms with Crippen LogP contribution in [0.2, 0.25) is 0 Å². The summed E-state index contributed by atoms with van der Waals surface area (Å²) >= 11 is 0. The van der Waals surface area contributed by atoms with Crippen LogP contribution in [0.4, 0.5) is 11.4 Å². The maximum atomic E-state index is 12.2. The number of fused-ring (bicyclic) bond motifs is 1. The number of para-hydroxylation sites is 2. The summed E-state index contributed by atoms with van der Waals surface area (Å²) < 4.78 is 5.52. The zero-order valence-corrected chi connectivity index (χ0v) is 13.1. The van der Waals surface area contributed by atoms with Gasteiger partial charge >= 0.3 is 0 Å². The van der Waals surface area contributed by atoms with E-state index in [9.17, 15) is 4.79 Å². The van der Waals surface area contributed by atoms with E-state index in [0.29, 0.717) is 32.2 Å². The third-order valence-corrected chi connectivity index (χ3v) is 3.71. The molecule has 1 N–H and O–H groups in total. The van der Waals surface area contributed by atoms with Crippen LogP contribution < -0.4 is 15.1 Å². The number of nitrogens with zero attached hydrogens (tertiary/aromatic N) is 3. The monoisotopic (exact) mass is 312 g/mol. The second-order valence-corrected chi connectivity index (χ2v) is 5.24. The summed E-state index contributed by atoms with van der Waals surface area (Å²) in [6, 6.07) is 11.6. The summed E-state index contributed by atoms with van der Waals surface area (Å²) in [6.07, 6.45) is 3.22. The Morgan fingerprint density at radius 3 is 2.70 bits per heavy atom. The Labute approximate surface area is 135 Å². The standard InChI is InChI=1S/C17H20N4O2/c1-2-23-13-21-12-20(15-7-3-4-8-16(15)21)11-19-17(22)14-6-5-9-18-10-14/h3-10H,2,11-13H2,1H3,(H,19,22). The number of hydrogen-bond donors (Lipinski definition) is 1. The van der Waals surface area contributed by atoms with Crippen LogP contribution in [0, 0.1) is 0 Å². The number of hydrogen-bond acceptors (Lipinski definition) is 5. The van der Waals surface area contributed by atoms with E-state index < -0.39 is 0 Å². The fourth-order valence-corrected chi connectivity index (χ4v) is 2.57. The highest BCUT2D eigenvalue weighted by Crippen LogP contribution is 2.34. The highest BCUT2D eigenvalue weighted by Gasteiger charge is 2.25. The first kappa shape index (κ1) is 15.3. The smallest absolute Gasteiger partial charge is 0.254 e. The lowest BCUT2D eigenvalue weighted by Crippen LogP contribution is -2.40. The molecule has 1 amide bonds. The van der Waals surface area contributed by atoms with E-state index in [2.05, 4.69) is 32.2 Å². The number of carbonyl (C=O) groups excluding carboxylic acids is 1. The largest absolute Gasteiger partial charge is 0.361 e. The maximum absolute atomic E-state index is 12.2. The molecule has 1 aliphatic rings. The normalized spacial score (nSPS) is 13.1. The number of amides is 1. The minimum absolute atomic E-state index is 0.126. The number of ether oxygens (including phenoxy) is 1. The van der Waals surface area contributed by atoms with Crippen molar-refractivity contribution in [1.82, 2.24) is 10.3 Å². The number of aromatic nitrogens is 1. The molecule has 0 bridgehead atoms. The minimum atomic E-state index is -0.126. The van der Waals surface area contributed by atoms with E-state index in [1.807, 2.05) is 19.1 Å². The van der Waals surface area contributed by atoms with Gasteiger partial charge in [0.05, 0.1) is 30.3 Å². The van der Waals surface area contributed by atoms with Crippen molar-refractivity contribution in [3.05, 3.63) is 54.4 Å². The summed E-state index contributed by atoms with van der Waals surface area (Å²) in [5.41, 5.74) is 2.78. The van der Waals surface area contributed by atoms with Gasteiger partial charge < -0.3 is 19.9 Å². The molecule has 1 aromatic carbocycles. The zero-order chi connectivity index (χ0) is 16.1. The van der Waals surface area contributed by atoms with Gasteiger partial charge in [0, 0.05) is 19.0 Å². The molecule has 0 unspecified atom stereocenters. The highest BCUT2D eigenvalue weighted by atomic mass is 16.5. The fourth-order valence-electron chi connectivity index (χ4n) is 2.57. The first-order valence-electron chi connectivity index (χ1n) is 7.64. The molecule has 0 saturated heterocycles. The summed E-state index contributed by atoms with van der Waals surface area (Å²) in [6.45, 7) is 4.32. The Hall–Kier alpha value is -2.60. The first-order valence-corrected chi connectivity index (χ1v) is 7.64. The number of nitrogens with one attached hydrogen (secondary N) is 1. The predicted molar refractivity (Wildman–Crippen MR) is 89.3 cm³/mol. The van der Waals surface area contributed by atoms with Crippen LogP contribution >= 0.6 is 0 Å². The Kier molecular flexibility index (Phi) is 4.73. The van der Waals surface area contributed by atoms with E-state index in [0.717, 1.165) is 11.4 Å². The van der Waals surface area contributed by atoms with E-state index in [1.165, 1.54) is 0 Å². The van der Waals surface area contributed by atoms with Gasteiger partial charge in [0.15, 0.2) is 0 Å². The average Bonchev–Trinajstić information content (AvgIpc) is 2.96. The quantitative estimate of drug-likeness (QED) is 0.884. The molecule has 0 saturated carbocycles. The van der Waals surface area contributed by atoms with Crippen LogP contribution in [0.1, 0.15) is 17.3 Å². The Bertz CT molecular complexity index is 663. The number of anilines is 2. The second-order valence-electron chi connectivity index (χ2n) is 5.24. The number of carbonyl (C=O) groups is 1. The molecule has 23 heavy (non-hydrogen) atoms. The molecule has 1 aliphatic heterocycles. The minimum Gasteiger partial charge on any atom is -0.361 e. The van der Waals surface area contributed by atoms with Crippen molar-refractivity contribution in [3.8, 4) is 0 Å². The van der Waals surface area contributed by atoms with E-state index in [-0.39, 0.29) is 5.91 Å². The van der Waals surface area contributed by atoms with Gasteiger partial charge in [-0.2, -0.15) is 0 Å². The van der Waals surface area contributed by atoms with E-state index in [4.69, 9.17) is 4.74 Å². The molecular weight excluding hydrogens is 292 g/mol. The van der Waals surface area contributed by atoms with Gasteiger partial charge in [0.25, 0.3) is 5.91 Å². The first-order chi connectivity index (χ1) is 11.3. The lowest BCUT2D eigenvalue weighted by atomic mass is 10.2. The van der Waals surface area contributed by atoms with Crippen molar-refractivity contribution in [2.75, 3.05) is 36.5 Å². The second kappa shape index (κ2) is 7.11. The lowest BCUT2D eigenvalue weighted by Gasteiger charge is -2.21. The predicted octanol–water partition coefficient (Wildman–Crippen LogP) is 2.05. The van der Waals surface area contributed by atoms with Crippen molar-refractivity contribution < 1.29 is 9.53 Å². The van der Waals surface area contributed by atoms with Gasteiger partial charge in [0.2, 0.25) is 0 Å². The number of benzene rings is 1. The summed E-state index contributed by atoms with van der Waals surface area (Å²) in [5.74, 6) is -0.126. The molecular formula is C17H20N4O2. The van der Waals surface area contributed by atoms with Crippen LogP contribution in [0.15, 0.2) is 48.8 Å². The topological polar surface area (TPSA) is 57.7 Å². The van der Waals surface area contributed by atoms with E-state index >= 15 is 0 Å². The van der Waals surface area contributed by atoms with Gasteiger partial charge in [-0.3, -0.25) is 9.78 Å². The molecule has 6 nitrogen and oxygen atoms in total. The van der Waals surface area contributed by atoms with Crippen LogP contribution in [-0.2, 0) is 4.74 Å². The molecule has 0 radical (unpaired) electrons. The fraction of sp³-hybridized carbons (Fsp3) is 0.294. The van der Waals surface area contributed by atoms with Crippen molar-refractivity contribution in [2.24, 2.45) is 0 Å². The summed E-state index contributed by atoms with van der Waals surface area (Å²) in [4.78, 5) is 20.4. The molecule has 120 valence electrons. The van der Waals surface area contributed by atoms with Crippen LogP contribution in [0.3, 0.4) is 0 Å². The summed E-state index contributed by atoms with van der Waals surface area (Å²) in [5, 5.41) is 2.94. The average molecular weight is 312 g/mol. The Morgan fingerprint density at radius 2 is 2.00 bits per heavy atom. The van der Waals surface area contributed by atoms with Crippen LogP contribution in [-0.4, -0.2) is 37.6 Å². The highest BCUT2D eigenvalue weighted by molar-refractivity contribution is 5.94. The van der Waals surface area contributed by atoms with Crippen molar-refractivity contribution in [1.29, 1.82) is 0 Å². The molecule has 0 aliphatic carbocycles. The van der Waals surface area contributed by atoms with E-state index in [1.54, 1.807) is 24.5 Å². The Morgan fingerprint density at radius 1 is 1.22 bits per heavy atom. The molecule has 0 fully saturated rings. The molecule has 1 aromatic heterocycles. The van der Waals surface area contributed by atoms with Gasteiger partial charge in [-0.25, -0.2) is 0 Å². The van der Waals surface area contributed by atoms with Crippen molar-refractivity contribution in [3.63, 3.8) is 0 Å². The lowest BCUT2D eigenvalue weighted by molar-refractivity contribution is 0.0953. The number of pyridine rings is 1. The van der Waals surface area contributed by atoms with Crippen LogP contribution in [0.5, 0.6) is 0 Å². The third-order valence-electron chi connectivity index (χ3n) is 3.71. The molecule has 6 heteroatoms. The third kappa shape index (κ3) is 3.43. The molecule has 3 rings (SSSR count). The Balaban J connectivity index is 1.66. The summed E-state index contributed by atoms with van der Waals surface area (Å²) in [7, 11) is 0.